The van der Waals surface area contributed by atoms with Crippen molar-refractivity contribution in [2.75, 3.05) is 11.9 Å². The van der Waals surface area contributed by atoms with E-state index in [4.69, 9.17) is 5.11 Å². The average Bonchev–Trinajstić information content (AvgIpc) is 2.41. The van der Waals surface area contributed by atoms with Crippen LogP contribution in [0.1, 0.15) is 25.7 Å². The van der Waals surface area contributed by atoms with Gasteiger partial charge in [0.15, 0.2) is 6.61 Å². The third-order valence-electron chi connectivity index (χ3n) is 2.51. The monoisotopic (exact) mass is 398 g/mol. The van der Waals surface area contributed by atoms with Gasteiger partial charge in [0.2, 0.25) is 11.8 Å². The highest BCUT2D eigenvalue weighted by Gasteiger charge is 2.29. The molecule has 0 spiro atoms. The Hall–Kier alpha value is -1.84. The molecule has 0 unspecified atom stereocenters. The topological polar surface area (TPSA) is 88.5 Å². The molecule has 0 radical (unpaired) electrons. The van der Waals surface area contributed by atoms with Crippen molar-refractivity contribution in [2.45, 2.75) is 31.9 Å². The third-order valence-corrected chi connectivity index (χ3v) is 2.94. The number of hydrogen-bond donors (Lipinski definition) is 2. The van der Waals surface area contributed by atoms with Gasteiger partial charge in [0, 0.05) is 23.5 Å². The molecule has 0 saturated carbocycles. The van der Waals surface area contributed by atoms with Crippen LogP contribution in [-0.4, -0.2) is 34.8 Å². The van der Waals surface area contributed by atoms with Crippen LogP contribution in [0.2, 0.25) is 0 Å². The molecule has 6 nitrogen and oxygen atoms in total. The van der Waals surface area contributed by atoms with E-state index in [2.05, 4.69) is 31.0 Å². The van der Waals surface area contributed by atoms with E-state index in [0.29, 0.717) is 17.3 Å². The number of nitrogens with one attached hydrogen (secondary N) is 1. The molecule has 0 aliphatic rings. The van der Waals surface area contributed by atoms with Crippen molar-refractivity contribution < 1.29 is 32.6 Å². The summed E-state index contributed by atoms with van der Waals surface area (Å²) in [6.07, 6.45) is -2.61. The van der Waals surface area contributed by atoms with Crippen LogP contribution in [0.15, 0.2) is 16.7 Å². The van der Waals surface area contributed by atoms with Crippen LogP contribution in [0.25, 0.3) is 0 Å². The molecule has 2 N–H and O–H groups in total. The Bertz CT molecular complexity index is 567. The molecule has 0 bridgehead atoms. The van der Waals surface area contributed by atoms with Gasteiger partial charge >= 0.3 is 12.1 Å². The maximum absolute atomic E-state index is 12.2. The zero-order valence-corrected chi connectivity index (χ0v) is 13.4. The van der Waals surface area contributed by atoms with Crippen molar-refractivity contribution in [3.8, 4) is 5.88 Å². The molecule has 0 aromatic carbocycles. The molecule has 128 valence electrons. The summed E-state index contributed by atoms with van der Waals surface area (Å²) in [5.74, 6) is -1.76. The second-order valence-corrected chi connectivity index (χ2v) is 5.47. The summed E-state index contributed by atoms with van der Waals surface area (Å²) in [5.41, 5.74) is 0.00635. The minimum Gasteiger partial charge on any atom is -0.481 e. The number of ether oxygens (including phenoxy) is 1. The Morgan fingerprint density at radius 1 is 1.30 bits per heavy atom. The van der Waals surface area contributed by atoms with E-state index in [1.54, 1.807) is 0 Å². The number of unbranched alkanes of at least 4 members (excludes halogenated alkanes) is 1. The number of aromatic nitrogens is 1. The number of carboxylic acid groups (broad SMARTS) is 1. The largest absolute Gasteiger partial charge is 0.481 e. The molecular weight excluding hydrogens is 385 g/mol. The maximum atomic E-state index is 12.2. The molecule has 1 rings (SSSR count). The molecule has 1 aromatic heterocycles. The number of amides is 1. The van der Waals surface area contributed by atoms with E-state index in [9.17, 15) is 22.8 Å². The van der Waals surface area contributed by atoms with Gasteiger partial charge < -0.3 is 15.2 Å². The van der Waals surface area contributed by atoms with Gasteiger partial charge in [-0.15, -0.1) is 0 Å². The lowest BCUT2D eigenvalue weighted by atomic mass is 10.2. The van der Waals surface area contributed by atoms with E-state index in [-0.39, 0.29) is 24.4 Å². The highest BCUT2D eigenvalue weighted by Crippen LogP contribution is 2.27. The number of hydrogen-bond acceptors (Lipinski definition) is 4. The number of aliphatic carboxylic acids is 1. The Morgan fingerprint density at radius 3 is 2.57 bits per heavy atom. The van der Waals surface area contributed by atoms with Gasteiger partial charge in [-0.2, -0.15) is 13.2 Å². The first kappa shape index (κ1) is 19.2. The fourth-order valence-corrected chi connectivity index (χ4v) is 1.89. The molecule has 0 aliphatic carbocycles. The first-order valence-electron chi connectivity index (χ1n) is 6.54. The van der Waals surface area contributed by atoms with Crippen LogP contribution in [0.3, 0.4) is 0 Å². The molecule has 1 aromatic rings. The summed E-state index contributed by atoms with van der Waals surface area (Å²) in [7, 11) is 0. The number of anilines is 1. The lowest BCUT2D eigenvalue weighted by molar-refractivity contribution is -0.154. The highest BCUT2D eigenvalue weighted by molar-refractivity contribution is 9.10. The fraction of sp³-hybridized carbons (Fsp3) is 0.462. The lowest BCUT2D eigenvalue weighted by Crippen LogP contribution is -2.21. The Kier molecular flexibility index (Phi) is 7.27. The summed E-state index contributed by atoms with van der Waals surface area (Å²) in [6, 6.07) is 1.37. The summed E-state index contributed by atoms with van der Waals surface area (Å²) < 4.78 is 41.6. The second kappa shape index (κ2) is 8.70. The highest BCUT2D eigenvalue weighted by atomic mass is 79.9. The molecule has 23 heavy (non-hydrogen) atoms. The van der Waals surface area contributed by atoms with E-state index >= 15 is 0 Å². The van der Waals surface area contributed by atoms with Gasteiger partial charge in [-0.3, -0.25) is 9.59 Å². The van der Waals surface area contributed by atoms with Crippen LogP contribution >= 0.6 is 15.9 Å². The summed E-state index contributed by atoms with van der Waals surface area (Å²) in [4.78, 5) is 25.8. The van der Waals surface area contributed by atoms with Crippen molar-refractivity contribution in [3.63, 3.8) is 0 Å². The van der Waals surface area contributed by atoms with Gasteiger partial charge in [0.25, 0.3) is 0 Å². The Balaban J connectivity index is 2.61. The first-order chi connectivity index (χ1) is 10.7. The number of carbonyl (C=O) groups is 2. The Labute approximate surface area is 138 Å². The number of carboxylic acids is 1. The van der Waals surface area contributed by atoms with E-state index in [1.807, 2.05) is 0 Å². The summed E-state index contributed by atoms with van der Waals surface area (Å²) in [6.45, 7) is -1.52. The average molecular weight is 399 g/mol. The predicted molar refractivity (Wildman–Crippen MR) is 78.2 cm³/mol. The van der Waals surface area contributed by atoms with Gasteiger partial charge in [-0.1, -0.05) is 0 Å². The van der Waals surface area contributed by atoms with Crippen LogP contribution in [0, 0.1) is 0 Å². The zero-order valence-electron chi connectivity index (χ0n) is 11.8. The van der Waals surface area contributed by atoms with Gasteiger partial charge in [-0.05, 0) is 34.8 Å². The fourth-order valence-electron chi connectivity index (χ4n) is 1.56. The van der Waals surface area contributed by atoms with E-state index in [1.165, 1.54) is 12.3 Å². The van der Waals surface area contributed by atoms with Crippen molar-refractivity contribution in [1.82, 2.24) is 4.98 Å². The molecule has 1 amide bonds. The maximum Gasteiger partial charge on any atom is 0.422 e. The normalized spacial score (nSPS) is 11.1. The SMILES string of the molecule is O=C(O)CCCCC(=O)Nc1cc(Br)cnc1OCC(F)(F)F. The molecule has 0 saturated heterocycles. The minimum absolute atomic E-state index is 0.00635. The summed E-state index contributed by atoms with van der Waals surface area (Å²) >= 11 is 3.10. The van der Waals surface area contributed by atoms with E-state index in [0.717, 1.165) is 0 Å². The summed E-state index contributed by atoms with van der Waals surface area (Å²) in [5, 5.41) is 10.9. The van der Waals surface area contributed by atoms with Crippen molar-refractivity contribution >= 4 is 33.5 Å². The number of nitrogens with zero attached hydrogens (tertiary/aromatic N) is 1. The Morgan fingerprint density at radius 2 is 1.96 bits per heavy atom. The van der Waals surface area contributed by atoms with Crippen LogP contribution < -0.4 is 10.1 Å². The molecule has 10 heteroatoms. The number of alkyl halides is 3. The lowest BCUT2D eigenvalue weighted by Gasteiger charge is -2.13. The minimum atomic E-state index is -4.52. The molecular formula is C13H14BrF3N2O4. The van der Waals surface area contributed by atoms with Crippen LogP contribution in [0.5, 0.6) is 5.88 Å². The van der Waals surface area contributed by atoms with Gasteiger partial charge in [0.05, 0.1) is 0 Å². The zero-order chi connectivity index (χ0) is 17.5. The number of pyridine rings is 1. The molecule has 1 heterocycles. The smallest absolute Gasteiger partial charge is 0.422 e. The number of carbonyl (C=O) groups excluding carboxylic acids is 1. The number of halogens is 4. The molecule has 0 fully saturated rings. The quantitative estimate of drug-likeness (QED) is 0.655. The van der Waals surface area contributed by atoms with Crippen molar-refractivity contribution in [1.29, 1.82) is 0 Å². The van der Waals surface area contributed by atoms with E-state index < -0.39 is 24.7 Å². The standard InChI is InChI=1S/C13H14BrF3N2O4/c14-8-5-9(12(18-6-8)23-7-13(15,16)17)19-10(20)3-1-2-4-11(21)22/h5-6H,1-4,7H2,(H,19,20)(H,21,22). The predicted octanol–water partition coefficient (Wildman–Crippen LogP) is 3.37. The second-order valence-electron chi connectivity index (χ2n) is 4.56. The first-order valence-corrected chi connectivity index (χ1v) is 7.33. The van der Waals surface area contributed by atoms with Crippen LogP contribution in [-0.2, 0) is 9.59 Å². The molecule has 0 aliphatic heterocycles. The van der Waals surface area contributed by atoms with Crippen molar-refractivity contribution in [3.05, 3.63) is 16.7 Å². The number of rotatable bonds is 8. The van der Waals surface area contributed by atoms with Crippen molar-refractivity contribution in [2.24, 2.45) is 0 Å². The molecule has 0 atom stereocenters. The van der Waals surface area contributed by atoms with Crippen LogP contribution in [0.4, 0.5) is 18.9 Å². The van der Waals surface area contributed by atoms with Gasteiger partial charge in [-0.25, -0.2) is 4.98 Å². The van der Waals surface area contributed by atoms with Gasteiger partial charge in [0.1, 0.15) is 5.69 Å². The third kappa shape index (κ3) is 8.38.